The first kappa shape index (κ1) is 27.5. The van der Waals surface area contributed by atoms with Crippen molar-refractivity contribution in [2.24, 2.45) is 5.14 Å². The van der Waals surface area contributed by atoms with Crippen molar-refractivity contribution in [2.45, 2.75) is 31.3 Å². The summed E-state index contributed by atoms with van der Waals surface area (Å²) in [5.74, 6) is 1.19. The second kappa shape index (κ2) is 11.6. The highest BCUT2D eigenvalue weighted by Crippen LogP contribution is 2.37. The molecule has 0 aliphatic heterocycles. The van der Waals surface area contributed by atoms with Crippen LogP contribution in [0.2, 0.25) is 5.02 Å². The zero-order valence-electron chi connectivity index (χ0n) is 21.5. The molecule has 3 aromatic heterocycles. The number of benzene rings is 2. The lowest BCUT2D eigenvalue weighted by atomic mass is 10.1. The van der Waals surface area contributed by atoms with E-state index in [0.29, 0.717) is 66.2 Å². The molecular weight excluding hydrogens is 556 g/mol. The number of hydrogen-bond acceptors (Lipinski definition) is 10. The molecule has 2 aromatic carbocycles. The number of sulfonamides is 1. The van der Waals surface area contributed by atoms with E-state index >= 15 is 0 Å². The van der Waals surface area contributed by atoms with Crippen LogP contribution in [0, 0.1) is 0 Å². The number of pyridine rings is 1. The molecule has 0 aliphatic carbocycles. The van der Waals surface area contributed by atoms with Crippen LogP contribution in [0.25, 0.3) is 33.8 Å². The average Bonchev–Trinajstić information content (AvgIpc) is 3.53. The zero-order chi connectivity index (χ0) is 28.3. The minimum Gasteiger partial charge on any atom is -0.490 e. The average molecular weight is 583 g/mol. The lowest BCUT2D eigenvalue weighted by Crippen LogP contribution is -2.17. The molecule has 14 heteroatoms. The monoisotopic (exact) mass is 582 g/mol. The Labute approximate surface area is 235 Å². The van der Waals surface area contributed by atoms with E-state index in [0.717, 1.165) is 16.6 Å². The number of primary sulfonamides is 1. The van der Waals surface area contributed by atoms with Crippen LogP contribution in [0.4, 0.5) is 5.82 Å². The fraction of sp³-hybridized carbons (Fsp3) is 0.231. The number of rotatable bonds is 11. The molecule has 0 spiro atoms. The summed E-state index contributed by atoms with van der Waals surface area (Å²) >= 11 is 6.26. The van der Waals surface area contributed by atoms with Crippen LogP contribution in [0.15, 0.2) is 64.3 Å². The molecule has 0 unspecified atom stereocenters. The molecular formula is C26H27ClN8O4S. The van der Waals surface area contributed by atoms with Crippen molar-refractivity contribution in [3.05, 3.63) is 65.3 Å². The van der Waals surface area contributed by atoms with E-state index in [1.165, 1.54) is 12.1 Å². The quantitative estimate of drug-likeness (QED) is 0.195. The van der Waals surface area contributed by atoms with E-state index in [9.17, 15) is 8.42 Å². The number of imidazole rings is 1. The second-order valence-electron chi connectivity index (χ2n) is 8.92. The van der Waals surface area contributed by atoms with Crippen molar-refractivity contribution in [1.29, 1.82) is 0 Å². The number of nitrogens with zero attached hydrogens (tertiary/aromatic N) is 5. The van der Waals surface area contributed by atoms with Gasteiger partial charge in [-0.3, -0.25) is 0 Å². The highest BCUT2D eigenvalue weighted by Gasteiger charge is 2.24. The molecule has 208 valence electrons. The van der Waals surface area contributed by atoms with Gasteiger partial charge >= 0.3 is 0 Å². The van der Waals surface area contributed by atoms with Gasteiger partial charge in [0.15, 0.2) is 23.1 Å². The van der Waals surface area contributed by atoms with E-state index in [4.69, 9.17) is 36.8 Å². The molecule has 0 radical (unpaired) electrons. The third-order valence-electron chi connectivity index (χ3n) is 6.21. The van der Waals surface area contributed by atoms with Gasteiger partial charge in [-0.2, -0.15) is 0 Å². The Balaban J connectivity index is 1.34. The van der Waals surface area contributed by atoms with Gasteiger partial charge in [-0.25, -0.2) is 28.2 Å². The number of nitrogen functional groups attached to an aromatic ring is 1. The van der Waals surface area contributed by atoms with Gasteiger partial charge in [-0.05, 0) is 60.0 Å². The maximum absolute atomic E-state index is 11.4. The van der Waals surface area contributed by atoms with Crippen molar-refractivity contribution < 1.29 is 17.8 Å². The molecule has 0 fully saturated rings. The Morgan fingerprint density at radius 2 is 1.93 bits per heavy atom. The third kappa shape index (κ3) is 5.77. The summed E-state index contributed by atoms with van der Waals surface area (Å²) in [4.78, 5) is 9.60. The smallest absolute Gasteiger partial charge is 0.238 e. The molecule has 12 nitrogen and oxygen atoms in total. The molecule has 0 atom stereocenters. The first-order chi connectivity index (χ1) is 19.3. The maximum atomic E-state index is 11.4. The van der Waals surface area contributed by atoms with Crippen molar-refractivity contribution in [2.75, 3.05) is 18.9 Å². The Morgan fingerprint density at radius 3 is 2.60 bits per heavy atom. The number of halogens is 1. The number of aryl methyl sites for hydroxylation is 1. The number of fused-ring (bicyclic) bond motifs is 1. The van der Waals surface area contributed by atoms with Crippen LogP contribution in [-0.4, -0.2) is 46.4 Å². The summed E-state index contributed by atoms with van der Waals surface area (Å²) in [5, 5.41) is 16.7. The Kier molecular flexibility index (Phi) is 7.98. The molecule has 0 aliphatic rings. The molecule has 3 heterocycles. The molecule has 5 aromatic rings. The highest BCUT2D eigenvalue weighted by molar-refractivity contribution is 7.89. The van der Waals surface area contributed by atoms with E-state index in [1.807, 2.05) is 29.7 Å². The van der Waals surface area contributed by atoms with Crippen LogP contribution >= 0.6 is 11.6 Å². The molecule has 0 saturated carbocycles. The minimum atomic E-state index is -3.70. The zero-order valence-corrected chi connectivity index (χ0v) is 23.1. The van der Waals surface area contributed by atoms with E-state index in [2.05, 4.69) is 20.6 Å². The van der Waals surface area contributed by atoms with E-state index in [-0.39, 0.29) is 10.7 Å². The minimum absolute atomic E-state index is 0.0860. The third-order valence-corrected chi connectivity index (χ3v) is 7.38. The summed E-state index contributed by atoms with van der Waals surface area (Å²) < 4.78 is 35.8. The highest BCUT2D eigenvalue weighted by atomic mass is 35.5. The SMILES string of the molecule is CCn1c(-c2nonc2N)nc2c(-c3cccc(Cl)c3)ncc(OCCCNCc3ccc(S(N)(=O)=O)cc3)c21. The van der Waals surface area contributed by atoms with E-state index in [1.54, 1.807) is 24.4 Å². The fourth-order valence-corrected chi connectivity index (χ4v) is 5.02. The predicted octanol–water partition coefficient (Wildman–Crippen LogP) is 3.61. The number of anilines is 1. The maximum Gasteiger partial charge on any atom is 0.238 e. The molecule has 5 rings (SSSR count). The number of nitrogens with one attached hydrogen (secondary N) is 1. The first-order valence-electron chi connectivity index (χ1n) is 12.4. The molecule has 0 bridgehead atoms. The standard InChI is InChI=1S/C26H27ClN8O4S/c1-2-35-24-20(38-12-4-11-30-14-16-7-9-19(10-8-16)40(29,36)37)15-31-21(17-5-3-6-18(27)13-17)22(24)32-26(35)23-25(28)34-39-33-23/h3,5-10,13,15,30H,2,4,11-12,14H2,1H3,(H2,28,34)(H2,29,36,37). The number of nitrogens with two attached hydrogens (primary N) is 2. The van der Waals surface area contributed by atoms with Gasteiger partial charge in [0.1, 0.15) is 11.0 Å². The Bertz CT molecular complexity index is 1750. The molecule has 40 heavy (non-hydrogen) atoms. The summed E-state index contributed by atoms with van der Waals surface area (Å²) in [6.07, 6.45) is 2.39. The summed E-state index contributed by atoms with van der Waals surface area (Å²) in [7, 11) is -3.70. The van der Waals surface area contributed by atoms with Gasteiger partial charge in [-0.1, -0.05) is 35.9 Å². The van der Waals surface area contributed by atoms with Crippen LogP contribution in [0.3, 0.4) is 0 Å². The largest absolute Gasteiger partial charge is 0.490 e. The summed E-state index contributed by atoms with van der Waals surface area (Å²) in [6, 6.07) is 13.8. The van der Waals surface area contributed by atoms with Gasteiger partial charge in [0.2, 0.25) is 10.0 Å². The van der Waals surface area contributed by atoms with Gasteiger partial charge in [0.25, 0.3) is 0 Å². The number of aromatic nitrogens is 5. The van der Waals surface area contributed by atoms with Crippen LogP contribution in [-0.2, 0) is 23.1 Å². The normalized spacial score (nSPS) is 11.8. The van der Waals surface area contributed by atoms with E-state index < -0.39 is 10.0 Å². The molecule has 0 saturated heterocycles. The number of ether oxygens (including phenoxy) is 1. The van der Waals surface area contributed by atoms with Gasteiger partial charge in [0.05, 0.1) is 23.4 Å². The summed E-state index contributed by atoms with van der Waals surface area (Å²) in [5.41, 5.74) is 10.1. The topological polar surface area (TPSA) is 177 Å². The van der Waals surface area contributed by atoms with Crippen molar-refractivity contribution in [3.8, 4) is 28.5 Å². The van der Waals surface area contributed by atoms with Gasteiger partial charge in [0, 0.05) is 23.7 Å². The lowest BCUT2D eigenvalue weighted by Gasteiger charge is -2.12. The molecule has 5 N–H and O–H groups in total. The lowest BCUT2D eigenvalue weighted by molar-refractivity contribution is 0.308. The first-order valence-corrected chi connectivity index (χ1v) is 14.4. The van der Waals surface area contributed by atoms with Crippen LogP contribution < -0.4 is 20.9 Å². The Morgan fingerprint density at radius 1 is 1.12 bits per heavy atom. The number of hydrogen-bond donors (Lipinski definition) is 3. The predicted molar refractivity (Wildman–Crippen MR) is 151 cm³/mol. The molecule has 0 amide bonds. The second-order valence-corrected chi connectivity index (χ2v) is 10.9. The van der Waals surface area contributed by atoms with Crippen LogP contribution in [0.5, 0.6) is 5.75 Å². The van der Waals surface area contributed by atoms with Gasteiger partial charge < -0.3 is 20.4 Å². The van der Waals surface area contributed by atoms with Crippen molar-refractivity contribution >= 4 is 38.5 Å². The van der Waals surface area contributed by atoms with Crippen molar-refractivity contribution in [1.82, 2.24) is 30.2 Å². The fourth-order valence-electron chi connectivity index (χ4n) is 4.31. The van der Waals surface area contributed by atoms with Crippen molar-refractivity contribution in [3.63, 3.8) is 0 Å². The summed E-state index contributed by atoms with van der Waals surface area (Å²) in [6.45, 7) is 4.20. The Hall–Kier alpha value is -4.04. The van der Waals surface area contributed by atoms with Crippen LogP contribution in [0.1, 0.15) is 18.9 Å². The van der Waals surface area contributed by atoms with Gasteiger partial charge in [-0.15, -0.1) is 0 Å².